The number of carbonyl (C=O) groups excluding carboxylic acids is 1. The van der Waals surface area contributed by atoms with Gasteiger partial charge in [-0.05, 0) is 42.8 Å². The van der Waals surface area contributed by atoms with E-state index in [0.29, 0.717) is 29.3 Å². The molecule has 3 N–H and O–H groups in total. The van der Waals surface area contributed by atoms with Crippen molar-refractivity contribution in [3.63, 3.8) is 0 Å². The Bertz CT molecular complexity index is 684. The normalized spacial score (nSPS) is 10.1. The molecule has 0 heterocycles. The standard InChI is InChI=1S/C17H20N2O3/c1-11-8-13(18)5-7-15(11)17(20)19-10-12-4-6-14(21-2)9-16(12)22-3/h4-9H,10,18H2,1-3H3,(H,19,20). The van der Waals surface area contributed by atoms with Crippen LogP contribution >= 0.6 is 0 Å². The molecule has 0 radical (unpaired) electrons. The summed E-state index contributed by atoms with van der Waals surface area (Å²) in [5, 5.41) is 2.89. The van der Waals surface area contributed by atoms with Crippen LogP contribution in [0.3, 0.4) is 0 Å². The van der Waals surface area contributed by atoms with Gasteiger partial charge in [0.1, 0.15) is 11.5 Å². The summed E-state index contributed by atoms with van der Waals surface area (Å²) in [7, 11) is 3.18. The van der Waals surface area contributed by atoms with Gasteiger partial charge in [-0.3, -0.25) is 4.79 Å². The number of carbonyl (C=O) groups is 1. The number of nitrogens with one attached hydrogen (secondary N) is 1. The highest BCUT2D eigenvalue weighted by molar-refractivity contribution is 5.96. The third-order valence-corrected chi connectivity index (χ3v) is 3.43. The van der Waals surface area contributed by atoms with E-state index in [1.54, 1.807) is 38.5 Å². The van der Waals surface area contributed by atoms with Crippen LogP contribution in [0.4, 0.5) is 5.69 Å². The Balaban J connectivity index is 2.11. The first-order valence-electron chi connectivity index (χ1n) is 6.90. The van der Waals surface area contributed by atoms with Gasteiger partial charge in [0.2, 0.25) is 0 Å². The molecule has 0 saturated carbocycles. The van der Waals surface area contributed by atoms with Crippen LogP contribution in [0.25, 0.3) is 0 Å². The first-order chi connectivity index (χ1) is 10.5. The number of hydrogen-bond acceptors (Lipinski definition) is 4. The number of hydrogen-bond donors (Lipinski definition) is 2. The predicted octanol–water partition coefficient (Wildman–Crippen LogP) is 2.52. The molecule has 0 bridgehead atoms. The lowest BCUT2D eigenvalue weighted by atomic mass is 10.1. The Morgan fingerprint density at radius 3 is 2.55 bits per heavy atom. The van der Waals surface area contributed by atoms with Gasteiger partial charge >= 0.3 is 0 Å². The fourth-order valence-electron chi connectivity index (χ4n) is 2.21. The summed E-state index contributed by atoms with van der Waals surface area (Å²) in [5.41, 5.74) is 8.68. The van der Waals surface area contributed by atoms with Gasteiger partial charge in [-0.25, -0.2) is 0 Å². The lowest BCUT2D eigenvalue weighted by Crippen LogP contribution is -2.23. The quantitative estimate of drug-likeness (QED) is 0.832. The third kappa shape index (κ3) is 3.49. The Hall–Kier alpha value is -2.69. The van der Waals surface area contributed by atoms with E-state index in [2.05, 4.69) is 5.32 Å². The van der Waals surface area contributed by atoms with E-state index in [-0.39, 0.29) is 5.91 Å². The second-order valence-corrected chi connectivity index (χ2v) is 4.93. The molecule has 1 amide bonds. The van der Waals surface area contributed by atoms with E-state index in [0.717, 1.165) is 11.1 Å². The van der Waals surface area contributed by atoms with Crippen molar-refractivity contribution in [2.45, 2.75) is 13.5 Å². The van der Waals surface area contributed by atoms with Crippen LogP contribution in [0.15, 0.2) is 36.4 Å². The van der Waals surface area contributed by atoms with Gasteiger partial charge in [-0.1, -0.05) is 0 Å². The van der Waals surface area contributed by atoms with Gasteiger partial charge in [0.05, 0.1) is 14.2 Å². The molecule has 0 fully saturated rings. The number of amides is 1. The van der Waals surface area contributed by atoms with Crippen LogP contribution in [-0.4, -0.2) is 20.1 Å². The number of anilines is 1. The van der Waals surface area contributed by atoms with Crippen LogP contribution < -0.4 is 20.5 Å². The van der Waals surface area contributed by atoms with E-state index < -0.39 is 0 Å². The number of nitrogen functional groups attached to an aromatic ring is 1. The molecule has 0 unspecified atom stereocenters. The fourth-order valence-corrected chi connectivity index (χ4v) is 2.21. The van der Waals surface area contributed by atoms with Crippen molar-refractivity contribution in [1.29, 1.82) is 0 Å². The minimum Gasteiger partial charge on any atom is -0.497 e. The van der Waals surface area contributed by atoms with Gasteiger partial charge in [-0.15, -0.1) is 0 Å². The van der Waals surface area contributed by atoms with E-state index >= 15 is 0 Å². The maximum Gasteiger partial charge on any atom is 0.251 e. The first-order valence-corrected chi connectivity index (χ1v) is 6.90. The minimum absolute atomic E-state index is 0.143. The number of rotatable bonds is 5. The number of nitrogens with two attached hydrogens (primary N) is 1. The van der Waals surface area contributed by atoms with Crippen molar-refractivity contribution in [1.82, 2.24) is 5.32 Å². The number of methoxy groups -OCH3 is 2. The Morgan fingerprint density at radius 2 is 1.91 bits per heavy atom. The lowest BCUT2D eigenvalue weighted by molar-refractivity contribution is 0.0950. The van der Waals surface area contributed by atoms with Gasteiger partial charge in [0.15, 0.2) is 0 Å². The van der Waals surface area contributed by atoms with E-state index in [1.165, 1.54) is 0 Å². The van der Waals surface area contributed by atoms with E-state index in [4.69, 9.17) is 15.2 Å². The van der Waals surface area contributed by atoms with Gasteiger partial charge in [0, 0.05) is 29.4 Å². The summed E-state index contributed by atoms with van der Waals surface area (Å²) in [6, 6.07) is 10.7. The molecule has 5 nitrogen and oxygen atoms in total. The molecule has 22 heavy (non-hydrogen) atoms. The van der Waals surface area contributed by atoms with Crippen molar-refractivity contribution in [2.75, 3.05) is 20.0 Å². The Labute approximate surface area is 130 Å². The maximum atomic E-state index is 12.3. The smallest absolute Gasteiger partial charge is 0.251 e. The summed E-state index contributed by atoms with van der Waals surface area (Å²) >= 11 is 0. The third-order valence-electron chi connectivity index (χ3n) is 3.43. The fraction of sp³-hybridized carbons (Fsp3) is 0.235. The molecule has 2 aromatic carbocycles. The average molecular weight is 300 g/mol. The molecule has 2 aromatic rings. The van der Waals surface area contributed by atoms with E-state index in [1.807, 2.05) is 19.1 Å². The molecule has 0 aliphatic heterocycles. The molecule has 0 aliphatic carbocycles. The average Bonchev–Trinajstić information content (AvgIpc) is 2.52. The zero-order valence-electron chi connectivity index (χ0n) is 13.0. The minimum atomic E-state index is -0.143. The van der Waals surface area contributed by atoms with E-state index in [9.17, 15) is 4.79 Å². The molecule has 0 atom stereocenters. The van der Waals surface area contributed by atoms with Crippen LogP contribution in [-0.2, 0) is 6.54 Å². The van der Waals surface area contributed by atoms with Gasteiger partial charge in [0.25, 0.3) is 5.91 Å². The van der Waals surface area contributed by atoms with Gasteiger partial charge in [-0.2, -0.15) is 0 Å². The summed E-state index contributed by atoms with van der Waals surface area (Å²) in [5.74, 6) is 1.24. The van der Waals surface area contributed by atoms with Crippen molar-refractivity contribution in [2.24, 2.45) is 0 Å². The Kier molecular flexibility index (Phi) is 4.88. The first kappa shape index (κ1) is 15.7. The molecule has 0 saturated heterocycles. The highest BCUT2D eigenvalue weighted by atomic mass is 16.5. The maximum absolute atomic E-state index is 12.3. The summed E-state index contributed by atoms with van der Waals surface area (Å²) in [6.45, 7) is 2.23. The van der Waals surface area contributed by atoms with Crippen molar-refractivity contribution in [3.8, 4) is 11.5 Å². The second-order valence-electron chi connectivity index (χ2n) is 4.93. The molecular formula is C17H20N2O3. The second kappa shape index (κ2) is 6.85. The zero-order chi connectivity index (χ0) is 16.1. The lowest BCUT2D eigenvalue weighted by Gasteiger charge is -2.12. The summed E-state index contributed by atoms with van der Waals surface area (Å²) in [6.07, 6.45) is 0. The predicted molar refractivity (Wildman–Crippen MR) is 86.3 cm³/mol. The van der Waals surface area contributed by atoms with Crippen LogP contribution in [0.1, 0.15) is 21.5 Å². The van der Waals surface area contributed by atoms with Gasteiger partial charge < -0.3 is 20.5 Å². The van der Waals surface area contributed by atoms with Crippen molar-refractivity contribution >= 4 is 11.6 Å². The molecular weight excluding hydrogens is 280 g/mol. The number of ether oxygens (including phenoxy) is 2. The monoisotopic (exact) mass is 300 g/mol. The SMILES string of the molecule is COc1ccc(CNC(=O)c2ccc(N)cc2C)c(OC)c1. The highest BCUT2D eigenvalue weighted by Gasteiger charge is 2.11. The van der Waals surface area contributed by atoms with Crippen LogP contribution in [0.2, 0.25) is 0 Å². The van der Waals surface area contributed by atoms with Crippen LogP contribution in [0, 0.1) is 6.92 Å². The number of benzene rings is 2. The molecule has 2 rings (SSSR count). The topological polar surface area (TPSA) is 73.6 Å². The molecule has 0 aromatic heterocycles. The number of aryl methyl sites for hydroxylation is 1. The molecule has 0 spiro atoms. The summed E-state index contributed by atoms with van der Waals surface area (Å²) in [4.78, 5) is 12.3. The van der Waals surface area contributed by atoms with Crippen molar-refractivity contribution < 1.29 is 14.3 Å². The van der Waals surface area contributed by atoms with Crippen LogP contribution in [0.5, 0.6) is 11.5 Å². The highest BCUT2D eigenvalue weighted by Crippen LogP contribution is 2.24. The Morgan fingerprint density at radius 1 is 1.14 bits per heavy atom. The molecule has 5 heteroatoms. The zero-order valence-corrected chi connectivity index (χ0v) is 13.0. The van der Waals surface area contributed by atoms with Crippen molar-refractivity contribution in [3.05, 3.63) is 53.1 Å². The summed E-state index contributed by atoms with van der Waals surface area (Å²) < 4.78 is 10.5. The largest absolute Gasteiger partial charge is 0.497 e. The molecule has 0 aliphatic rings. The molecule has 116 valence electrons.